The summed E-state index contributed by atoms with van der Waals surface area (Å²) in [5.74, 6) is -0.355. The quantitative estimate of drug-likeness (QED) is 0.595. The Bertz CT molecular complexity index is 560. The average molecular weight is 288 g/mol. The van der Waals surface area contributed by atoms with Crippen LogP contribution in [-0.4, -0.2) is 33.9 Å². The lowest BCUT2D eigenvalue weighted by molar-refractivity contribution is -0.324. The lowest BCUT2D eigenvalue weighted by atomic mass is 10.1. The van der Waals surface area contributed by atoms with Crippen LogP contribution in [0.1, 0.15) is 5.56 Å². The molecule has 21 heavy (non-hydrogen) atoms. The van der Waals surface area contributed by atoms with Crippen molar-refractivity contribution in [2.75, 3.05) is 27.9 Å². The predicted octanol–water partition coefficient (Wildman–Crippen LogP) is 3.17. The molecule has 0 N–H and O–H groups in total. The van der Waals surface area contributed by atoms with E-state index in [1.54, 1.807) is 6.08 Å². The molecule has 0 saturated carbocycles. The summed E-state index contributed by atoms with van der Waals surface area (Å²) in [4.78, 5) is 0. The molecule has 0 unspecified atom stereocenters. The molecule has 0 spiro atoms. The third-order valence-electron chi connectivity index (χ3n) is 3.46. The molecule has 1 aliphatic rings. The van der Waals surface area contributed by atoms with E-state index in [0.717, 1.165) is 16.9 Å². The molecule has 0 aliphatic carbocycles. The van der Waals surface area contributed by atoms with Gasteiger partial charge in [-0.1, -0.05) is 43.0 Å². The molecule has 1 aliphatic heterocycles. The summed E-state index contributed by atoms with van der Waals surface area (Å²) < 4.78 is 21.6. The fraction of sp³-hybridized carbons (Fsp3) is 0.294. The summed E-state index contributed by atoms with van der Waals surface area (Å²) in [6, 6.07) is 7.94. The van der Waals surface area contributed by atoms with E-state index in [0.29, 0.717) is 12.2 Å². The summed E-state index contributed by atoms with van der Waals surface area (Å²) in [7, 11) is 4.56. The molecular formula is C17H20O4. The second kappa shape index (κ2) is 6.72. The van der Waals surface area contributed by atoms with Crippen molar-refractivity contribution in [2.45, 2.75) is 5.97 Å². The van der Waals surface area contributed by atoms with Crippen LogP contribution in [0.5, 0.6) is 5.75 Å². The first-order valence-electron chi connectivity index (χ1n) is 6.62. The van der Waals surface area contributed by atoms with Crippen molar-refractivity contribution in [3.63, 3.8) is 0 Å². The van der Waals surface area contributed by atoms with Crippen molar-refractivity contribution in [3.8, 4) is 5.75 Å². The smallest absolute Gasteiger partial charge is 0.311 e. The van der Waals surface area contributed by atoms with E-state index in [4.69, 9.17) is 18.9 Å². The number of allylic oxidation sites excluding steroid dienone is 2. The number of para-hydroxylation sites is 1. The normalized spacial score (nSPS) is 16.7. The summed E-state index contributed by atoms with van der Waals surface area (Å²) >= 11 is 0. The van der Waals surface area contributed by atoms with Crippen molar-refractivity contribution in [2.24, 2.45) is 0 Å². The van der Waals surface area contributed by atoms with Crippen LogP contribution in [0.2, 0.25) is 0 Å². The van der Waals surface area contributed by atoms with E-state index in [2.05, 4.69) is 6.58 Å². The van der Waals surface area contributed by atoms with Crippen molar-refractivity contribution in [1.82, 2.24) is 0 Å². The fourth-order valence-corrected chi connectivity index (χ4v) is 2.32. The van der Waals surface area contributed by atoms with Crippen LogP contribution in [-0.2, 0) is 14.2 Å². The maximum atomic E-state index is 5.62. The van der Waals surface area contributed by atoms with Gasteiger partial charge in [0, 0.05) is 38.0 Å². The minimum atomic E-state index is -1.25. The molecule has 0 saturated heterocycles. The largest absolute Gasteiger partial charge is 0.488 e. The van der Waals surface area contributed by atoms with E-state index < -0.39 is 5.97 Å². The third-order valence-corrected chi connectivity index (χ3v) is 3.46. The van der Waals surface area contributed by atoms with Gasteiger partial charge >= 0.3 is 5.97 Å². The highest BCUT2D eigenvalue weighted by Crippen LogP contribution is 2.33. The van der Waals surface area contributed by atoms with Crippen LogP contribution in [0.15, 0.2) is 54.6 Å². The zero-order chi connectivity index (χ0) is 15.3. The zero-order valence-corrected chi connectivity index (χ0v) is 12.6. The van der Waals surface area contributed by atoms with Gasteiger partial charge in [0.15, 0.2) is 0 Å². The molecular weight excluding hydrogens is 268 g/mol. The summed E-state index contributed by atoms with van der Waals surface area (Å²) in [5.41, 5.74) is 2.85. The number of benzene rings is 1. The lowest BCUT2D eigenvalue weighted by Gasteiger charge is -2.29. The molecule has 0 atom stereocenters. The van der Waals surface area contributed by atoms with Gasteiger partial charge in [0.2, 0.25) is 0 Å². The van der Waals surface area contributed by atoms with Gasteiger partial charge in [-0.2, -0.15) is 0 Å². The molecule has 0 amide bonds. The summed E-state index contributed by atoms with van der Waals surface area (Å²) in [6.07, 6.45) is 5.48. The van der Waals surface area contributed by atoms with Gasteiger partial charge in [-0.25, -0.2) is 0 Å². The van der Waals surface area contributed by atoms with Crippen molar-refractivity contribution >= 4 is 5.57 Å². The van der Waals surface area contributed by atoms with Crippen LogP contribution < -0.4 is 4.74 Å². The molecule has 4 heteroatoms. The molecule has 1 aromatic carbocycles. The van der Waals surface area contributed by atoms with Gasteiger partial charge in [0.1, 0.15) is 12.4 Å². The van der Waals surface area contributed by atoms with E-state index in [9.17, 15) is 0 Å². The first-order chi connectivity index (χ1) is 10.2. The summed E-state index contributed by atoms with van der Waals surface area (Å²) in [6.45, 7) is 4.33. The van der Waals surface area contributed by atoms with Gasteiger partial charge < -0.3 is 18.9 Å². The maximum absolute atomic E-state index is 5.62. The molecule has 1 aromatic rings. The van der Waals surface area contributed by atoms with E-state index >= 15 is 0 Å². The lowest BCUT2D eigenvalue weighted by Crippen LogP contribution is -2.37. The number of rotatable bonds is 6. The molecule has 4 nitrogen and oxygen atoms in total. The van der Waals surface area contributed by atoms with Crippen LogP contribution in [0.25, 0.3) is 5.57 Å². The van der Waals surface area contributed by atoms with Gasteiger partial charge in [0.05, 0.1) is 0 Å². The summed E-state index contributed by atoms with van der Waals surface area (Å²) in [5, 5.41) is 0. The molecule has 0 aromatic heterocycles. The first kappa shape index (κ1) is 15.5. The van der Waals surface area contributed by atoms with E-state index in [1.165, 1.54) is 21.3 Å². The molecule has 0 fully saturated rings. The second-order valence-electron chi connectivity index (χ2n) is 4.47. The van der Waals surface area contributed by atoms with Gasteiger partial charge in [-0.05, 0) is 6.07 Å². The van der Waals surface area contributed by atoms with Crippen LogP contribution >= 0.6 is 0 Å². The Morgan fingerprint density at radius 3 is 2.48 bits per heavy atom. The van der Waals surface area contributed by atoms with Crippen LogP contribution in [0.3, 0.4) is 0 Å². The number of hydrogen-bond acceptors (Lipinski definition) is 4. The van der Waals surface area contributed by atoms with Crippen molar-refractivity contribution in [1.29, 1.82) is 0 Å². The Hall–Kier alpha value is -1.88. The van der Waals surface area contributed by atoms with Crippen LogP contribution in [0.4, 0.5) is 0 Å². The third kappa shape index (κ3) is 2.93. The van der Waals surface area contributed by atoms with E-state index in [-0.39, 0.29) is 0 Å². The Kier molecular flexibility index (Phi) is 4.96. The number of ether oxygens (including phenoxy) is 4. The molecule has 0 bridgehead atoms. The Morgan fingerprint density at radius 1 is 1.19 bits per heavy atom. The predicted molar refractivity (Wildman–Crippen MR) is 82.0 cm³/mol. The maximum Gasteiger partial charge on any atom is 0.311 e. The Morgan fingerprint density at radius 2 is 1.86 bits per heavy atom. The number of fused-ring (bicyclic) bond motifs is 1. The molecule has 112 valence electrons. The zero-order valence-electron chi connectivity index (χ0n) is 12.6. The Labute approximate surface area is 125 Å². The molecule has 1 heterocycles. The van der Waals surface area contributed by atoms with Gasteiger partial charge in [0.25, 0.3) is 0 Å². The van der Waals surface area contributed by atoms with Gasteiger partial charge in [-0.3, -0.25) is 0 Å². The minimum Gasteiger partial charge on any atom is -0.488 e. The number of hydrogen-bond donors (Lipinski definition) is 0. The first-order valence-corrected chi connectivity index (χ1v) is 6.62. The Balaban J connectivity index is 2.34. The van der Waals surface area contributed by atoms with Crippen molar-refractivity contribution < 1.29 is 18.9 Å². The van der Waals surface area contributed by atoms with E-state index in [1.807, 2.05) is 36.4 Å². The standard InChI is InChI=1S/C17H20O4/c1-5-14(17(18-2,19-3)20-4)11-10-13-12-21-16-9-7-6-8-15(13)16/h5-11H,1,12H2,2-4H3/b13-10+,14-11+. The topological polar surface area (TPSA) is 36.9 Å². The average Bonchev–Trinajstić information content (AvgIpc) is 2.95. The molecule has 2 rings (SSSR count). The minimum absolute atomic E-state index is 0.542. The fourth-order valence-electron chi connectivity index (χ4n) is 2.32. The highest BCUT2D eigenvalue weighted by Gasteiger charge is 2.33. The highest BCUT2D eigenvalue weighted by molar-refractivity contribution is 5.75. The SMILES string of the molecule is C=C/C(=C\C=C1/COc2ccccc21)C(OC)(OC)OC. The number of methoxy groups -OCH3 is 3. The monoisotopic (exact) mass is 288 g/mol. The molecule has 0 radical (unpaired) electrons. The highest BCUT2D eigenvalue weighted by atomic mass is 16.9. The van der Waals surface area contributed by atoms with Gasteiger partial charge in [-0.15, -0.1) is 0 Å². The second-order valence-corrected chi connectivity index (χ2v) is 4.47. The van der Waals surface area contributed by atoms with Crippen molar-refractivity contribution in [3.05, 3.63) is 60.2 Å². The van der Waals surface area contributed by atoms with Crippen LogP contribution in [0, 0.1) is 0 Å².